The maximum atomic E-state index is 12.0. The second-order valence-corrected chi connectivity index (χ2v) is 3.94. The number of nitrogens with one attached hydrogen (secondary N) is 1. The van der Waals surface area contributed by atoms with Gasteiger partial charge in [-0.3, -0.25) is 0 Å². The van der Waals surface area contributed by atoms with E-state index in [1.165, 1.54) is 0 Å². The Bertz CT molecular complexity index is 668. The zero-order chi connectivity index (χ0) is 11.7. The SMILES string of the molecule is [Li+].[O-]c1ccc2ccccc2c1-c1cccc[nH+]1. The molecule has 2 nitrogen and oxygen atoms in total. The predicted octanol–water partition coefficient (Wildman–Crippen LogP) is -0.601. The van der Waals surface area contributed by atoms with Crippen LogP contribution in [0.4, 0.5) is 0 Å². The van der Waals surface area contributed by atoms with Gasteiger partial charge in [-0.1, -0.05) is 42.1 Å². The summed E-state index contributed by atoms with van der Waals surface area (Å²) in [5.74, 6) is 0.0474. The van der Waals surface area contributed by atoms with E-state index in [0.29, 0.717) is 0 Å². The first-order valence-electron chi connectivity index (χ1n) is 5.52. The van der Waals surface area contributed by atoms with Crippen LogP contribution in [0.15, 0.2) is 60.8 Å². The molecule has 3 rings (SSSR count). The van der Waals surface area contributed by atoms with Crippen molar-refractivity contribution in [2.75, 3.05) is 0 Å². The Morgan fingerprint density at radius 2 is 1.61 bits per heavy atom. The van der Waals surface area contributed by atoms with Gasteiger partial charge in [0, 0.05) is 17.7 Å². The van der Waals surface area contributed by atoms with Gasteiger partial charge in [0.05, 0.1) is 0 Å². The van der Waals surface area contributed by atoms with Crippen molar-refractivity contribution < 1.29 is 29.0 Å². The topological polar surface area (TPSA) is 37.2 Å². The smallest absolute Gasteiger partial charge is 0.872 e. The van der Waals surface area contributed by atoms with Gasteiger partial charge in [0.1, 0.15) is 0 Å². The first-order valence-corrected chi connectivity index (χ1v) is 5.52. The second-order valence-electron chi connectivity index (χ2n) is 3.94. The van der Waals surface area contributed by atoms with Crippen LogP contribution in [0.3, 0.4) is 0 Å². The maximum absolute atomic E-state index is 12.0. The van der Waals surface area contributed by atoms with Gasteiger partial charge in [0.25, 0.3) is 0 Å². The van der Waals surface area contributed by atoms with Crippen LogP contribution >= 0.6 is 0 Å². The van der Waals surface area contributed by atoms with Crippen LogP contribution in [0.5, 0.6) is 5.75 Å². The van der Waals surface area contributed by atoms with Crippen LogP contribution in [0.2, 0.25) is 0 Å². The van der Waals surface area contributed by atoms with E-state index in [2.05, 4.69) is 4.98 Å². The van der Waals surface area contributed by atoms with E-state index >= 15 is 0 Å². The molecule has 0 unspecified atom stereocenters. The molecule has 3 heteroatoms. The van der Waals surface area contributed by atoms with Crippen LogP contribution in [-0.2, 0) is 0 Å². The van der Waals surface area contributed by atoms with Gasteiger partial charge in [0.2, 0.25) is 5.69 Å². The van der Waals surface area contributed by atoms with Gasteiger partial charge in [-0.05, 0) is 16.8 Å². The summed E-state index contributed by atoms with van der Waals surface area (Å²) in [5, 5.41) is 14.1. The van der Waals surface area contributed by atoms with Gasteiger partial charge in [0.15, 0.2) is 6.20 Å². The number of H-pyrrole nitrogens is 1. The Kier molecular flexibility index (Phi) is 3.71. The zero-order valence-electron chi connectivity index (χ0n) is 10.2. The minimum absolute atomic E-state index is 0. The van der Waals surface area contributed by atoms with Crippen LogP contribution in [0.1, 0.15) is 0 Å². The molecule has 0 amide bonds. The molecule has 1 aromatic heterocycles. The van der Waals surface area contributed by atoms with Crippen LogP contribution in [0.25, 0.3) is 22.0 Å². The van der Waals surface area contributed by atoms with Gasteiger partial charge >= 0.3 is 18.9 Å². The van der Waals surface area contributed by atoms with Crippen molar-refractivity contribution in [2.45, 2.75) is 0 Å². The minimum atomic E-state index is 0. The molecule has 3 aromatic rings. The van der Waals surface area contributed by atoms with Gasteiger partial charge in [-0.25, -0.2) is 4.98 Å². The maximum Gasteiger partial charge on any atom is 1.00 e. The fourth-order valence-corrected chi connectivity index (χ4v) is 2.08. The van der Waals surface area contributed by atoms with E-state index in [1.807, 2.05) is 54.7 Å². The monoisotopic (exact) mass is 228 g/mol. The molecule has 1 heterocycles. The summed E-state index contributed by atoms with van der Waals surface area (Å²) in [5.41, 5.74) is 1.60. The number of hydrogen-bond acceptors (Lipinski definition) is 1. The standard InChI is InChI=1S/C15H11NO.Li/c17-14-9-8-11-5-1-2-6-12(11)15(14)13-7-3-4-10-16-13;/h1-10,17H;/q;+1. The largest absolute Gasteiger partial charge is 1.00 e. The van der Waals surface area contributed by atoms with Crippen molar-refractivity contribution in [3.63, 3.8) is 0 Å². The quantitative estimate of drug-likeness (QED) is 0.512. The molecule has 82 valence electrons. The van der Waals surface area contributed by atoms with Crippen molar-refractivity contribution in [1.29, 1.82) is 0 Å². The second kappa shape index (κ2) is 5.26. The van der Waals surface area contributed by atoms with Crippen molar-refractivity contribution >= 4 is 10.8 Å². The Morgan fingerprint density at radius 3 is 2.39 bits per heavy atom. The molecule has 0 spiro atoms. The average molecular weight is 228 g/mol. The first kappa shape index (κ1) is 12.7. The molecule has 0 aliphatic rings. The molecule has 18 heavy (non-hydrogen) atoms. The third-order valence-corrected chi connectivity index (χ3v) is 2.87. The minimum Gasteiger partial charge on any atom is -0.872 e. The van der Waals surface area contributed by atoms with Crippen LogP contribution in [0, 0.1) is 0 Å². The van der Waals surface area contributed by atoms with E-state index < -0.39 is 0 Å². The normalized spacial score (nSPS) is 10.0. The molecule has 0 fully saturated rings. The molecule has 0 saturated carbocycles. The zero-order valence-corrected chi connectivity index (χ0v) is 10.2. The Hall–Kier alpha value is -1.75. The third-order valence-electron chi connectivity index (χ3n) is 2.87. The van der Waals surface area contributed by atoms with Gasteiger partial charge in [-0.15, -0.1) is 0 Å². The number of aromatic nitrogens is 1. The van der Waals surface area contributed by atoms with Crippen LogP contribution in [-0.4, -0.2) is 0 Å². The Labute approximate surface area is 117 Å². The molecule has 0 radical (unpaired) electrons. The van der Waals surface area contributed by atoms with Crippen molar-refractivity contribution in [3.05, 3.63) is 60.8 Å². The number of fused-ring (bicyclic) bond motifs is 1. The summed E-state index contributed by atoms with van der Waals surface area (Å²) in [4.78, 5) is 3.12. The Balaban J connectivity index is 0.00000120. The molecular formula is C15H11LiNO+. The fraction of sp³-hybridized carbons (Fsp3) is 0. The van der Waals surface area contributed by atoms with Gasteiger partial charge < -0.3 is 5.11 Å². The molecule has 1 N–H and O–H groups in total. The molecular weight excluding hydrogens is 217 g/mol. The molecule has 2 aromatic carbocycles. The van der Waals surface area contributed by atoms with E-state index in [1.54, 1.807) is 6.07 Å². The first-order chi connectivity index (χ1) is 8.36. The number of hydrogen-bond donors (Lipinski definition) is 0. The Morgan fingerprint density at radius 1 is 0.833 bits per heavy atom. The summed E-state index contributed by atoms with van der Waals surface area (Å²) >= 11 is 0. The number of benzene rings is 2. The van der Waals surface area contributed by atoms with E-state index in [0.717, 1.165) is 22.0 Å². The molecule has 0 aliphatic carbocycles. The molecule has 0 aliphatic heterocycles. The summed E-state index contributed by atoms with van der Waals surface area (Å²) < 4.78 is 0. The van der Waals surface area contributed by atoms with Gasteiger partial charge in [-0.2, -0.15) is 0 Å². The van der Waals surface area contributed by atoms with E-state index in [4.69, 9.17) is 0 Å². The molecule has 0 atom stereocenters. The van der Waals surface area contributed by atoms with Crippen LogP contribution < -0.4 is 29.0 Å². The van der Waals surface area contributed by atoms with Crippen molar-refractivity contribution in [1.82, 2.24) is 0 Å². The number of rotatable bonds is 1. The molecule has 0 bridgehead atoms. The summed E-state index contributed by atoms with van der Waals surface area (Å²) in [6.07, 6.45) is 1.83. The summed E-state index contributed by atoms with van der Waals surface area (Å²) in [7, 11) is 0. The molecule has 0 saturated heterocycles. The predicted molar refractivity (Wildman–Crippen MR) is 65.4 cm³/mol. The average Bonchev–Trinajstić information content (AvgIpc) is 2.39. The van der Waals surface area contributed by atoms with Crippen molar-refractivity contribution in [3.8, 4) is 17.0 Å². The fourth-order valence-electron chi connectivity index (χ4n) is 2.08. The number of aromatic amines is 1. The third kappa shape index (κ3) is 2.13. The summed E-state index contributed by atoms with van der Waals surface area (Å²) in [6, 6.07) is 17.2. The summed E-state index contributed by atoms with van der Waals surface area (Å²) in [6.45, 7) is 0. The van der Waals surface area contributed by atoms with E-state index in [9.17, 15) is 5.11 Å². The number of pyridine rings is 1. The van der Waals surface area contributed by atoms with Crippen molar-refractivity contribution in [2.24, 2.45) is 0 Å². The van der Waals surface area contributed by atoms with E-state index in [-0.39, 0.29) is 24.6 Å².